The molecule has 0 unspecified atom stereocenters. The molecule has 0 saturated heterocycles. The summed E-state index contributed by atoms with van der Waals surface area (Å²) in [5.41, 5.74) is -0.933. The van der Waals surface area contributed by atoms with E-state index in [9.17, 15) is 18.4 Å². The number of amides is 1. The zero-order valence-corrected chi connectivity index (χ0v) is 11.4. The van der Waals surface area contributed by atoms with Crippen molar-refractivity contribution in [1.82, 2.24) is 5.32 Å². The molecule has 6 nitrogen and oxygen atoms in total. The highest BCUT2D eigenvalue weighted by molar-refractivity contribution is 5.88. The summed E-state index contributed by atoms with van der Waals surface area (Å²) in [7, 11) is 1.50. The summed E-state index contributed by atoms with van der Waals surface area (Å²) >= 11 is 0. The first-order valence-corrected chi connectivity index (χ1v) is 6.17. The molecular weight excluding hydrogens is 286 g/mol. The van der Waals surface area contributed by atoms with E-state index in [1.165, 1.54) is 7.11 Å². The Balaban J connectivity index is 2.52. The van der Waals surface area contributed by atoms with Crippen LogP contribution in [0.1, 0.15) is 16.8 Å². The molecule has 21 heavy (non-hydrogen) atoms. The summed E-state index contributed by atoms with van der Waals surface area (Å²) in [6.07, 6.45) is 0.0171. The molecule has 0 aliphatic rings. The number of carbonyl (C=O) groups excluding carboxylic acids is 1. The maximum Gasteiger partial charge on any atom is 0.335 e. The van der Waals surface area contributed by atoms with E-state index in [2.05, 4.69) is 10.6 Å². The topological polar surface area (TPSA) is 87.7 Å². The first kappa shape index (κ1) is 16.8. The van der Waals surface area contributed by atoms with Crippen LogP contribution in [-0.4, -0.2) is 43.8 Å². The standard InChI is InChI=1S/C13H16F2N2O4/c1-21-5-4-16-11(18)2-3-17-12-9(14)6-8(13(19)20)7-10(12)15/h6-7,17H,2-5H2,1H3,(H,16,18)(H,19,20). The minimum absolute atomic E-state index is 0.0130. The van der Waals surface area contributed by atoms with E-state index in [1.807, 2.05) is 0 Å². The number of nitrogens with one attached hydrogen (secondary N) is 2. The number of methoxy groups -OCH3 is 1. The summed E-state index contributed by atoms with van der Waals surface area (Å²) in [6.45, 7) is 0.740. The normalized spacial score (nSPS) is 10.2. The van der Waals surface area contributed by atoms with E-state index in [4.69, 9.17) is 9.84 Å². The number of hydrogen-bond acceptors (Lipinski definition) is 4. The van der Waals surface area contributed by atoms with Gasteiger partial charge in [0.05, 0.1) is 12.2 Å². The Morgan fingerprint density at radius 3 is 2.38 bits per heavy atom. The number of aromatic carboxylic acids is 1. The molecule has 0 spiro atoms. The van der Waals surface area contributed by atoms with Gasteiger partial charge in [0.25, 0.3) is 0 Å². The summed E-state index contributed by atoms with van der Waals surface area (Å²) in [6, 6.07) is 1.43. The van der Waals surface area contributed by atoms with Crippen LogP contribution in [0.15, 0.2) is 12.1 Å². The van der Waals surface area contributed by atoms with Crippen molar-refractivity contribution in [2.45, 2.75) is 6.42 Å². The van der Waals surface area contributed by atoms with Crippen molar-refractivity contribution < 1.29 is 28.2 Å². The first-order valence-electron chi connectivity index (χ1n) is 6.17. The van der Waals surface area contributed by atoms with Crippen LogP contribution >= 0.6 is 0 Å². The summed E-state index contributed by atoms with van der Waals surface area (Å²) in [4.78, 5) is 22.0. The van der Waals surface area contributed by atoms with Gasteiger partial charge in [-0.1, -0.05) is 0 Å². The van der Waals surface area contributed by atoms with E-state index in [1.54, 1.807) is 0 Å². The predicted octanol–water partition coefficient (Wildman–Crippen LogP) is 1.23. The quantitative estimate of drug-likeness (QED) is 0.629. The summed E-state index contributed by atoms with van der Waals surface area (Å²) in [5, 5.41) is 13.6. The fourth-order valence-corrected chi connectivity index (χ4v) is 1.55. The summed E-state index contributed by atoms with van der Waals surface area (Å²) in [5.74, 6) is -3.75. The Kier molecular flexibility index (Phi) is 6.54. The molecule has 0 atom stereocenters. The van der Waals surface area contributed by atoms with Crippen LogP contribution in [0.25, 0.3) is 0 Å². The van der Waals surface area contributed by atoms with Crippen LogP contribution in [-0.2, 0) is 9.53 Å². The van der Waals surface area contributed by atoms with Gasteiger partial charge in [0.1, 0.15) is 17.3 Å². The molecule has 1 rings (SSSR count). The van der Waals surface area contributed by atoms with Crippen LogP contribution < -0.4 is 10.6 Å². The number of carboxylic acid groups (broad SMARTS) is 1. The van der Waals surface area contributed by atoms with E-state index in [0.717, 1.165) is 0 Å². The van der Waals surface area contributed by atoms with Gasteiger partial charge in [0, 0.05) is 26.6 Å². The second-order valence-electron chi connectivity index (χ2n) is 4.14. The Labute approximate surface area is 120 Å². The molecule has 3 N–H and O–H groups in total. The number of halogens is 2. The molecule has 1 amide bonds. The fourth-order valence-electron chi connectivity index (χ4n) is 1.55. The highest BCUT2D eigenvalue weighted by atomic mass is 19.1. The number of ether oxygens (including phenoxy) is 1. The molecule has 0 aromatic heterocycles. The second kappa shape index (κ2) is 8.15. The minimum Gasteiger partial charge on any atom is -0.478 e. The molecule has 116 valence electrons. The highest BCUT2D eigenvalue weighted by Gasteiger charge is 2.14. The van der Waals surface area contributed by atoms with E-state index < -0.39 is 28.9 Å². The van der Waals surface area contributed by atoms with Crippen molar-refractivity contribution in [2.75, 3.05) is 32.1 Å². The zero-order chi connectivity index (χ0) is 15.8. The van der Waals surface area contributed by atoms with Gasteiger partial charge in [-0.3, -0.25) is 4.79 Å². The lowest BCUT2D eigenvalue weighted by Gasteiger charge is -2.10. The maximum atomic E-state index is 13.6. The summed E-state index contributed by atoms with van der Waals surface area (Å²) < 4.78 is 31.9. The lowest BCUT2D eigenvalue weighted by molar-refractivity contribution is -0.121. The molecule has 0 fully saturated rings. The minimum atomic E-state index is -1.42. The Hall–Kier alpha value is -2.22. The average Bonchev–Trinajstić information content (AvgIpc) is 2.41. The molecular formula is C13H16F2N2O4. The number of hydrogen-bond donors (Lipinski definition) is 3. The van der Waals surface area contributed by atoms with Crippen LogP contribution in [0.5, 0.6) is 0 Å². The SMILES string of the molecule is COCCNC(=O)CCNc1c(F)cc(C(=O)O)cc1F. The zero-order valence-electron chi connectivity index (χ0n) is 11.4. The number of carboxylic acids is 1. The third-order valence-corrected chi connectivity index (χ3v) is 2.57. The largest absolute Gasteiger partial charge is 0.478 e. The molecule has 1 aromatic rings. The first-order chi connectivity index (χ1) is 9.95. The van der Waals surface area contributed by atoms with Crippen LogP contribution in [0.3, 0.4) is 0 Å². The van der Waals surface area contributed by atoms with E-state index in [0.29, 0.717) is 25.3 Å². The monoisotopic (exact) mass is 302 g/mol. The molecule has 0 radical (unpaired) electrons. The highest BCUT2D eigenvalue weighted by Crippen LogP contribution is 2.20. The molecule has 0 aliphatic carbocycles. The van der Waals surface area contributed by atoms with Gasteiger partial charge in [-0.15, -0.1) is 0 Å². The van der Waals surface area contributed by atoms with Crippen LogP contribution in [0.2, 0.25) is 0 Å². The lowest BCUT2D eigenvalue weighted by atomic mass is 10.2. The van der Waals surface area contributed by atoms with Crippen LogP contribution in [0, 0.1) is 11.6 Å². The predicted molar refractivity (Wildman–Crippen MR) is 71.3 cm³/mol. The van der Waals surface area contributed by atoms with Crippen molar-refractivity contribution in [3.05, 3.63) is 29.3 Å². The van der Waals surface area contributed by atoms with Crippen LogP contribution in [0.4, 0.5) is 14.5 Å². The van der Waals surface area contributed by atoms with Crippen molar-refractivity contribution in [3.63, 3.8) is 0 Å². The second-order valence-corrected chi connectivity index (χ2v) is 4.14. The maximum absolute atomic E-state index is 13.6. The molecule has 8 heteroatoms. The third kappa shape index (κ3) is 5.35. The Morgan fingerprint density at radius 2 is 1.86 bits per heavy atom. The van der Waals surface area contributed by atoms with E-state index in [-0.39, 0.29) is 18.9 Å². The number of rotatable bonds is 8. The van der Waals surface area contributed by atoms with Gasteiger partial charge in [-0.05, 0) is 12.1 Å². The van der Waals surface area contributed by atoms with Crippen molar-refractivity contribution in [1.29, 1.82) is 0 Å². The average molecular weight is 302 g/mol. The van der Waals surface area contributed by atoms with Gasteiger partial charge in [0.15, 0.2) is 0 Å². The molecule has 0 aliphatic heterocycles. The van der Waals surface area contributed by atoms with Gasteiger partial charge in [0.2, 0.25) is 5.91 Å². The molecule has 1 aromatic carbocycles. The van der Waals surface area contributed by atoms with Crippen molar-refractivity contribution in [2.24, 2.45) is 0 Å². The number of benzene rings is 1. The van der Waals surface area contributed by atoms with Gasteiger partial charge < -0.3 is 20.5 Å². The Bertz CT molecular complexity index is 500. The molecule has 0 bridgehead atoms. The van der Waals surface area contributed by atoms with Gasteiger partial charge in [-0.25, -0.2) is 13.6 Å². The van der Waals surface area contributed by atoms with Crippen molar-refractivity contribution in [3.8, 4) is 0 Å². The Morgan fingerprint density at radius 1 is 1.24 bits per heavy atom. The van der Waals surface area contributed by atoms with E-state index >= 15 is 0 Å². The molecule has 0 saturated carbocycles. The smallest absolute Gasteiger partial charge is 0.335 e. The van der Waals surface area contributed by atoms with Gasteiger partial charge in [-0.2, -0.15) is 0 Å². The lowest BCUT2D eigenvalue weighted by Crippen LogP contribution is -2.28. The molecule has 0 heterocycles. The third-order valence-electron chi connectivity index (χ3n) is 2.57. The van der Waals surface area contributed by atoms with Gasteiger partial charge >= 0.3 is 5.97 Å². The number of carbonyl (C=O) groups is 2. The number of anilines is 1. The van der Waals surface area contributed by atoms with Crippen molar-refractivity contribution >= 4 is 17.6 Å². The fraction of sp³-hybridized carbons (Fsp3) is 0.385.